The summed E-state index contributed by atoms with van der Waals surface area (Å²) in [6.07, 6.45) is 3.50. The number of aromatic nitrogens is 2. The third-order valence-electron chi connectivity index (χ3n) is 4.42. The van der Waals surface area contributed by atoms with Gasteiger partial charge in [0.1, 0.15) is 0 Å². The molecule has 122 valence electrons. The summed E-state index contributed by atoms with van der Waals surface area (Å²) in [6, 6.07) is 0. The van der Waals surface area contributed by atoms with Gasteiger partial charge in [0.2, 0.25) is 5.91 Å². The smallest absolute Gasteiger partial charge is 0.237 e. The molecule has 2 heterocycles. The van der Waals surface area contributed by atoms with Crippen molar-refractivity contribution < 1.29 is 9.53 Å². The van der Waals surface area contributed by atoms with Gasteiger partial charge in [-0.15, -0.1) is 0 Å². The first-order valence-corrected chi connectivity index (χ1v) is 8.08. The first-order valence-electron chi connectivity index (χ1n) is 8.08. The van der Waals surface area contributed by atoms with E-state index in [9.17, 15) is 4.79 Å². The minimum atomic E-state index is 0.184. The molecule has 0 bridgehead atoms. The zero-order valence-corrected chi connectivity index (χ0v) is 13.8. The molecule has 0 radical (unpaired) electrons. The molecule has 0 unspecified atom stereocenters. The molecule has 0 N–H and O–H groups in total. The fourth-order valence-electron chi connectivity index (χ4n) is 2.96. The van der Waals surface area contributed by atoms with E-state index in [0.717, 1.165) is 36.9 Å². The third kappa shape index (κ3) is 3.50. The predicted octanol–water partition coefficient (Wildman–Crippen LogP) is 0.793. The molecule has 0 spiro atoms. The van der Waals surface area contributed by atoms with E-state index in [2.05, 4.69) is 5.10 Å². The Kier molecular flexibility index (Phi) is 4.49. The van der Waals surface area contributed by atoms with Crippen molar-refractivity contribution in [1.82, 2.24) is 19.6 Å². The fourth-order valence-corrected chi connectivity index (χ4v) is 2.96. The van der Waals surface area contributed by atoms with Gasteiger partial charge in [-0.1, -0.05) is 0 Å². The van der Waals surface area contributed by atoms with Crippen LogP contribution in [0.25, 0.3) is 0 Å². The molecule has 1 aliphatic heterocycles. The molecular weight excluding hydrogens is 280 g/mol. The Hall–Kier alpha value is -1.40. The standard InChI is InChI=1S/C16H26N4O2/c1-18(2)9-16(21)20-7-6-13-14(11-22-10-12-4-5-12)17-19(3)15(13)8-20/h12H,4-11H2,1-3H3. The number of carbonyl (C=O) groups is 1. The van der Waals surface area contributed by atoms with Gasteiger partial charge in [0.25, 0.3) is 0 Å². The number of hydrogen-bond donors (Lipinski definition) is 0. The number of hydrogen-bond acceptors (Lipinski definition) is 4. The van der Waals surface area contributed by atoms with E-state index < -0.39 is 0 Å². The number of ether oxygens (including phenoxy) is 1. The maximum atomic E-state index is 12.2. The van der Waals surface area contributed by atoms with Gasteiger partial charge < -0.3 is 14.5 Å². The van der Waals surface area contributed by atoms with Gasteiger partial charge in [-0.2, -0.15) is 5.10 Å². The number of nitrogens with zero attached hydrogens (tertiary/aromatic N) is 4. The lowest BCUT2D eigenvalue weighted by Gasteiger charge is -2.28. The second-order valence-electron chi connectivity index (χ2n) is 6.76. The molecule has 1 amide bonds. The number of likely N-dealkylation sites (N-methyl/N-ethyl adjacent to an activating group) is 1. The van der Waals surface area contributed by atoms with Crippen LogP contribution in [0.5, 0.6) is 0 Å². The molecule has 0 atom stereocenters. The molecule has 1 fully saturated rings. The summed E-state index contributed by atoms with van der Waals surface area (Å²) in [6.45, 7) is 3.36. The molecule has 0 saturated heterocycles. The molecule has 2 aliphatic rings. The van der Waals surface area contributed by atoms with Crippen LogP contribution in [0.1, 0.15) is 29.8 Å². The summed E-state index contributed by atoms with van der Waals surface area (Å²) in [7, 11) is 5.81. The summed E-state index contributed by atoms with van der Waals surface area (Å²) in [4.78, 5) is 16.1. The summed E-state index contributed by atoms with van der Waals surface area (Å²) in [5.74, 6) is 0.960. The Bertz CT molecular complexity index is 549. The highest BCUT2D eigenvalue weighted by Crippen LogP contribution is 2.29. The monoisotopic (exact) mass is 306 g/mol. The van der Waals surface area contributed by atoms with Crippen molar-refractivity contribution >= 4 is 5.91 Å². The Labute approximate surface area is 132 Å². The third-order valence-corrected chi connectivity index (χ3v) is 4.42. The first kappa shape index (κ1) is 15.5. The van der Waals surface area contributed by atoms with Crippen LogP contribution < -0.4 is 0 Å². The molecule has 6 nitrogen and oxygen atoms in total. The lowest BCUT2D eigenvalue weighted by molar-refractivity contribution is -0.132. The minimum absolute atomic E-state index is 0.184. The largest absolute Gasteiger partial charge is 0.375 e. The van der Waals surface area contributed by atoms with Crippen molar-refractivity contribution in [3.8, 4) is 0 Å². The van der Waals surface area contributed by atoms with Gasteiger partial charge in [-0.05, 0) is 39.3 Å². The molecule has 1 aromatic rings. The van der Waals surface area contributed by atoms with Crippen LogP contribution in [0.2, 0.25) is 0 Å². The SMILES string of the molecule is CN(C)CC(=O)N1CCc2c(COCC3CC3)nn(C)c2C1. The zero-order chi connectivity index (χ0) is 15.7. The van der Waals surface area contributed by atoms with E-state index in [1.807, 2.05) is 35.6 Å². The van der Waals surface area contributed by atoms with E-state index in [1.165, 1.54) is 18.4 Å². The Morgan fingerprint density at radius 2 is 2.18 bits per heavy atom. The van der Waals surface area contributed by atoms with Crippen LogP contribution in [-0.2, 0) is 36.2 Å². The molecule has 1 aromatic heterocycles. The van der Waals surface area contributed by atoms with E-state index in [-0.39, 0.29) is 5.91 Å². The summed E-state index contributed by atoms with van der Waals surface area (Å²) in [5, 5.41) is 4.61. The van der Waals surface area contributed by atoms with Gasteiger partial charge >= 0.3 is 0 Å². The number of aryl methyl sites for hydroxylation is 1. The van der Waals surface area contributed by atoms with Crippen molar-refractivity contribution in [1.29, 1.82) is 0 Å². The molecular formula is C16H26N4O2. The topological polar surface area (TPSA) is 50.6 Å². The lowest BCUT2D eigenvalue weighted by Crippen LogP contribution is -2.41. The molecule has 22 heavy (non-hydrogen) atoms. The maximum absolute atomic E-state index is 12.2. The van der Waals surface area contributed by atoms with Gasteiger partial charge in [-0.3, -0.25) is 9.48 Å². The van der Waals surface area contributed by atoms with E-state index in [1.54, 1.807) is 0 Å². The van der Waals surface area contributed by atoms with Gasteiger partial charge in [0, 0.05) is 25.8 Å². The van der Waals surface area contributed by atoms with Crippen molar-refractivity contribution in [3.63, 3.8) is 0 Å². The Balaban J connectivity index is 1.63. The first-order chi connectivity index (χ1) is 10.5. The number of fused-ring (bicyclic) bond motifs is 1. The number of rotatable bonds is 6. The summed E-state index contributed by atoms with van der Waals surface area (Å²) in [5.41, 5.74) is 3.49. The molecule has 0 aromatic carbocycles. The maximum Gasteiger partial charge on any atom is 0.237 e. The van der Waals surface area contributed by atoms with Gasteiger partial charge in [0.05, 0.1) is 31.1 Å². The van der Waals surface area contributed by atoms with Crippen molar-refractivity contribution in [3.05, 3.63) is 17.0 Å². The number of amides is 1. The van der Waals surface area contributed by atoms with Crippen LogP contribution in [0.3, 0.4) is 0 Å². The quantitative estimate of drug-likeness (QED) is 0.780. The predicted molar refractivity (Wildman–Crippen MR) is 83.3 cm³/mol. The summed E-state index contributed by atoms with van der Waals surface area (Å²) < 4.78 is 7.70. The highest BCUT2D eigenvalue weighted by Gasteiger charge is 2.27. The van der Waals surface area contributed by atoms with Gasteiger partial charge in [0.15, 0.2) is 0 Å². The van der Waals surface area contributed by atoms with Gasteiger partial charge in [-0.25, -0.2) is 0 Å². The average molecular weight is 306 g/mol. The highest BCUT2D eigenvalue weighted by molar-refractivity contribution is 5.78. The molecule has 1 saturated carbocycles. The Morgan fingerprint density at radius 1 is 1.41 bits per heavy atom. The van der Waals surface area contributed by atoms with Crippen LogP contribution in [0.15, 0.2) is 0 Å². The summed E-state index contributed by atoms with van der Waals surface area (Å²) >= 11 is 0. The minimum Gasteiger partial charge on any atom is -0.375 e. The van der Waals surface area contributed by atoms with E-state index in [0.29, 0.717) is 19.7 Å². The van der Waals surface area contributed by atoms with Crippen LogP contribution in [0.4, 0.5) is 0 Å². The average Bonchev–Trinajstić information content (AvgIpc) is 3.23. The highest BCUT2D eigenvalue weighted by atomic mass is 16.5. The zero-order valence-electron chi connectivity index (χ0n) is 13.8. The fraction of sp³-hybridized carbons (Fsp3) is 0.750. The van der Waals surface area contributed by atoms with Crippen molar-refractivity contribution in [2.24, 2.45) is 13.0 Å². The van der Waals surface area contributed by atoms with Crippen LogP contribution in [-0.4, -0.2) is 59.3 Å². The van der Waals surface area contributed by atoms with Crippen molar-refractivity contribution in [2.75, 3.05) is 33.8 Å². The van der Waals surface area contributed by atoms with Crippen LogP contribution >= 0.6 is 0 Å². The molecule has 3 rings (SSSR count). The Morgan fingerprint density at radius 3 is 2.86 bits per heavy atom. The number of carbonyl (C=O) groups excluding carboxylic acids is 1. The van der Waals surface area contributed by atoms with Crippen molar-refractivity contribution in [2.45, 2.75) is 32.4 Å². The lowest BCUT2D eigenvalue weighted by atomic mass is 10.0. The van der Waals surface area contributed by atoms with Crippen LogP contribution in [0, 0.1) is 5.92 Å². The normalized spacial score (nSPS) is 17.9. The molecule has 1 aliphatic carbocycles. The second kappa shape index (κ2) is 6.38. The van der Waals surface area contributed by atoms with E-state index >= 15 is 0 Å². The molecule has 6 heteroatoms. The second-order valence-corrected chi connectivity index (χ2v) is 6.76. The van der Waals surface area contributed by atoms with E-state index in [4.69, 9.17) is 4.74 Å².